The van der Waals surface area contributed by atoms with Crippen LogP contribution in [-0.2, 0) is 4.79 Å². The highest BCUT2D eigenvalue weighted by molar-refractivity contribution is 8.00. The molecule has 1 aliphatic heterocycles. The second-order valence-corrected chi connectivity index (χ2v) is 5.37. The molecule has 0 spiro atoms. The zero-order valence-corrected chi connectivity index (χ0v) is 9.29. The first-order chi connectivity index (χ1) is 7.25. The molecule has 80 valence electrons. The topological polar surface area (TPSA) is 56.0 Å². The van der Waals surface area contributed by atoms with Gasteiger partial charge >= 0.3 is 0 Å². The monoisotopic (exact) mass is 224 g/mol. The Morgan fingerprint density at radius 1 is 1.53 bits per heavy atom. The van der Waals surface area contributed by atoms with Crippen LogP contribution in [0.1, 0.15) is 36.9 Å². The maximum absolute atomic E-state index is 11.5. The summed E-state index contributed by atoms with van der Waals surface area (Å²) in [5, 5.41) is 3.96. The predicted molar refractivity (Wildman–Crippen MR) is 55.9 cm³/mol. The fourth-order valence-corrected chi connectivity index (χ4v) is 2.99. The summed E-state index contributed by atoms with van der Waals surface area (Å²) in [6, 6.07) is 0. The van der Waals surface area contributed by atoms with E-state index in [0.29, 0.717) is 23.5 Å². The van der Waals surface area contributed by atoms with E-state index in [1.807, 2.05) is 0 Å². The van der Waals surface area contributed by atoms with Gasteiger partial charge in [-0.05, 0) is 12.3 Å². The van der Waals surface area contributed by atoms with Crippen LogP contribution in [0, 0.1) is 5.92 Å². The molecule has 1 aromatic heterocycles. The van der Waals surface area contributed by atoms with Crippen molar-refractivity contribution >= 4 is 17.5 Å². The van der Waals surface area contributed by atoms with Crippen molar-refractivity contribution in [2.24, 2.45) is 5.92 Å². The molecule has 0 aromatic carbocycles. The number of nitrogens with zero attached hydrogens (tertiary/aromatic N) is 2. The first-order valence-electron chi connectivity index (χ1n) is 5.19. The summed E-state index contributed by atoms with van der Waals surface area (Å²) in [7, 11) is 0. The molecule has 0 radical (unpaired) electrons. The number of thioether (sulfide) groups is 1. The Labute approximate surface area is 91.8 Å². The fraction of sp³-hybridized carbons (Fsp3) is 0.700. The standard InChI is InChI=1S/C10H12N2O2S/c1-5-2-6(5)9-11-10(14-12-9)7-3-15-4-8(7)13/h5-7H,2-4H2,1H3. The van der Waals surface area contributed by atoms with E-state index in [1.165, 1.54) is 0 Å². The molecule has 1 aromatic rings. The first-order valence-corrected chi connectivity index (χ1v) is 6.35. The highest BCUT2D eigenvalue weighted by Crippen LogP contribution is 2.45. The molecule has 2 heterocycles. The number of hydrogen-bond donors (Lipinski definition) is 0. The molecule has 3 unspecified atom stereocenters. The summed E-state index contributed by atoms with van der Waals surface area (Å²) in [5.41, 5.74) is 0. The third-order valence-corrected chi connectivity index (χ3v) is 4.17. The molecule has 3 atom stereocenters. The Bertz CT molecular complexity index is 404. The molecule has 1 saturated heterocycles. The molecule has 2 fully saturated rings. The second kappa shape index (κ2) is 3.33. The van der Waals surface area contributed by atoms with Gasteiger partial charge in [-0.1, -0.05) is 12.1 Å². The van der Waals surface area contributed by atoms with Crippen molar-refractivity contribution < 1.29 is 9.32 Å². The maximum atomic E-state index is 11.5. The lowest BCUT2D eigenvalue weighted by atomic mass is 10.1. The minimum absolute atomic E-state index is 0.148. The van der Waals surface area contributed by atoms with Gasteiger partial charge in [0.05, 0.1) is 5.75 Å². The summed E-state index contributed by atoms with van der Waals surface area (Å²) < 4.78 is 5.17. The molecule has 0 N–H and O–H groups in total. The van der Waals surface area contributed by atoms with E-state index in [2.05, 4.69) is 17.1 Å². The van der Waals surface area contributed by atoms with Gasteiger partial charge in [0.15, 0.2) is 11.6 Å². The Morgan fingerprint density at radius 3 is 2.93 bits per heavy atom. The van der Waals surface area contributed by atoms with Crippen LogP contribution in [0.4, 0.5) is 0 Å². The predicted octanol–water partition coefficient (Wildman–Crippen LogP) is 1.59. The molecule has 1 saturated carbocycles. The molecule has 1 aliphatic carbocycles. The van der Waals surface area contributed by atoms with Crippen molar-refractivity contribution in [3.63, 3.8) is 0 Å². The van der Waals surface area contributed by atoms with Gasteiger partial charge in [-0.25, -0.2) is 0 Å². The Balaban J connectivity index is 1.81. The summed E-state index contributed by atoms with van der Waals surface area (Å²) in [6.07, 6.45) is 1.15. The van der Waals surface area contributed by atoms with Crippen LogP contribution in [0.15, 0.2) is 4.52 Å². The number of carbonyl (C=O) groups is 1. The van der Waals surface area contributed by atoms with Crippen LogP contribution < -0.4 is 0 Å². The molecule has 3 rings (SSSR count). The first kappa shape index (κ1) is 9.39. The average Bonchev–Trinajstić information content (AvgIpc) is 2.69. The van der Waals surface area contributed by atoms with Crippen molar-refractivity contribution in [1.82, 2.24) is 10.1 Å². The number of aromatic nitrogens is 2. The van der Waals surface area contributed by atoms with E-state index in [1.54, 1.807) is 11.8 Å². The van der Waals surface area contributed by atoms with Crippen molar-refractivity contribution in [2.75, 3.05) is 11.5 Å². The lowest BCUT2D eigenvalue weighted by Crippen LogP contribution is -2.09. The van der Waals surface area contributed by atoms with Crippen LogP contribution in [0.25, 0.3) is 0 Å². The number of carbonyl (C=O) groups excluding carboxylic acids is 1. The normalized spacial score (nSPS) is 34.7. The van der Waals surface area contributed by atoms with Gasteiger partial charge in [-0.3, -0.25) is 4.79 Å². The number of rotatable bonds is 2. The molecular weight excluding hydrogens is 212 g/mol. The Kier molecular flexibility index (Phi) is 2.09. The number of Topliss-reactive ketones (excluding diaryl/α,β-unsaturated/α-hetero) is 1. The van der Waals surface area contributed by atoms with E-state index in [9.17, 15) is 4.79 Å². The van der Waals surface area contributed by atoms with Crippen LogP contribution in [0.3, 0.4) is 0 Å². The minimum atomic E-state index is -0.148. The van der Waals surface area contributed by atoms with Gasteiger partial charge < -0.3 is 4.52 Å². The third kappa shape index (κ3) is 1.58. The third-order valence-electron chi connectivity index (χ3n) is 3.11. The van der Waals surface area contributed by atoms with Gasteiger partial charge in [-0.2, -0.15) is 16.7 Å². The highest BCUT2D eigenvalue weighted by Gasteiger charge is 2.39. The minimum Gasteiger partial charge on any atom is -0.339 e. The fourth-order valence-electron chi connectivity index (χ4n) is 1.90. The zero-order chi connectivity index (χ0) is 10.4. The van der Waals surface area contributed by atoms with Crippen molar-refractivity contribution in [3.8, 4) is 0 Å². The van der Waals surface area contributed by atoms with Gasteiger partial charge in [-0.15, -0.1) is 0 Å². The Hall–Kier alpha value is -0.840. The van der Waals surface area contributed by atoms with E-state index >= 15 is 0 Å². The van der Waals surface area contributed by atoms with E-state index in [-0.39, 0.29) is 11.7 Å². The van der Waals surface area contributed by atoms with E-state index in [0.717, 1.165) is 18.0 Å². The number of hydrogen-bond acceptors (Lipinski definition) is 5. The second-order valence-electron chi connectivity index (χ2n) is 4.34. The SMILES string of the molecule is CC1CC1c1noc(C2CSCC2=O)n1. The summed E-state index contributed by atoms with van der Waals surface area (Å²) in [4.78, 5) is 15.8. The van der Waals surface area contributed by atoms with Crippen LogP contribution in [-0.4, -0.2) is 27.4 Å². The lowest BCUT2D eigenvalue weighted by molar-refractivity contribution is -0.117. The molecule has 15 heavy (non-hydrogen) atoms. The van der Waals surface area contributed by atoms with Gasteiger partial charge in [0.2, 0.25) is 5.89 Å². The zero-order valence-electron chi connectivity index (χ0n) is 8.47. The molecule has 4 nitrogen and oxygen atoms in total. The molecule has 2 aliphatic rings. The van der Waals surface area contributed by atoms with Crippen LogP contribution in [0.5, 0.6) is 0 Å². The van der Waals surface area contributed by atoms with Crippen LogP contribution in [0.2, 0.25) is 0 Å². The van der Waals surface area contributed by atoms with E-state index in [4.69, 9.17) is 4.52 Å². The largest absolute Gasteiger partial charge is 0.339 e. The van der Waals surface area contributed by atoms with Crippen molar-refractivity contribution in [1.29, 1.82) is 0 Å². The van der Waals surface area contributed by atoms with E-state index < -0.39 is 0 Å². The summed E-state index contributed by atoms with van der Waals surface area (Å²) >= 11 is 1.64. The van der Waals surface area contributed by atoms with Gasteiger partial charge in [0, 0.05) is 11.7 Å². The lowest BCUT2D eigenvalue weighted by Gasteiger charge is -1.97. The summed E-state index contributed by atoms with van der Waals surface area (Å²) in [5.74, 6) is 3.91. The van der Waals surface area contributed by atoms with Crippen molar-refractivity contribution in [2.45, 2.75) is 25.2 Å². The van der Waals surface area contributed by atoms with Crippen LogP contribution >= 0.6 is 11.8 Å². The molecule has 0 bridgehead atoms. The van der Waals surface area contributed by atoms with Gasteiger partial charge in [0.25, 0.3) is 0 Å². The Morgan fingerprint density at radius 2 is 2.33 bits per heavy atom. The maximum Gasteiger partial charge on any atom is 0.238 e. The molecule has 0 amide bonds. The average molecular weight is 224 g/mol. The molecule has 5 heteroatoms. The number of ketones is 1. The van der Waals surface area contributed by atoms with Gasteiger partial charge in [0.1, 0.15) is 5.92 Å². The van der Waals surface area contributed by atoms with Crippen molar-refractivity contribution in [3.05, 3.63) is 11.7 Å². The smallest absolute Gasteiger partial charge is 0.238 e. The molecular formula is C10H12N2O2S. The highest BCUT2D eigenvalue weighted by atomic mass is 32.2. The summed E-state index contributed by atoms with van der Waals surface area (Å²) in [6.45, 7) is 2.18. The quantitative estimate of drug-likeness (QED) is 0.763.